The van der Waals surface area contributed by atoms with Crippen molar-refractivity contribution in [2.24, 2.45) is 5.92 Å². The van der Waals surface area contributed by atoms with E-state index in [9.17, 15) is 8.42 Å². The van der Waals surface area contributed by atoms with Gasteiger partial charge >= 0.3 is 0 Å². The minimum absolute atomic E-state index is 0.276. The van der Waals surface area contributed by atoms with Gasteiger partial charge in [-0.05, 0) is 31.2 Å². The van der Waals surface area contributed by atoms with Crippen LogP contribution in [0.15, 0.2) is 24.7 Å². The summed E-state index contributed by atoms with van der Waals surface area (Å²) in [7, 11) is -3.11. The topological polar surface area (TPSA) is 81.0 Å². The van der Waals surface area contributed by atoms with Crippen molar-refractivity contribution >= 4 is 10.0 Å². The molecule has 1 saturated heterocycles. The van der Waals surface area contributed by atoms with Gasteiger partial charge in [0.1, 0.15) is 5.69 Å². The van der Waals surface area contributed by atoms with Gasteiger partial charge in [-0.25, -0.2) is 12.7 Å². The van der Waals surface area contributed by atoms with Gasteiger partial charge in [0.15, 0.2) is 0 Å². The van der Waals surface area contributed by atoms with Crippen LogP contribution in [-0.2, 0) is 23.0 Å². The molecule has 8 heteroatoms. The smallest absolute Gasteiger partial charge is 0.211 e. The molecule has 0 amide bonds. The zero-order valence-corrected chi connectivity index (χ0v) is 14.9. The van der Waals surface area contributed by atoms with Crippen LogP contribution in [0.2, 0.25) is 0 Å². The van der Waals surface area contributed by atoms with E-state index in [0.29, 0.717) is 13.1 Å². The number of nitrogens with zero attached hydrogens (tertiary/aromatic N) is 5. The van der Waals surface area contributed by atoms with Crippen molar-refractivity contribution in [1.29, 1.82) is 0 Å². The Balaban J connectivity index is 1.82. The molecule has 0 aliphatic carbocycles. The Morgan fingerprint density at radius 1 is 1.25 bits per heavy atom. The Morgan fingerprint density at radius 2 is 2.04 bits per heavy atom. The summed E-state index contributed by atoms with van der Waals surface area (Å²) in [6.45, 7) is 4.10. The van der Waals surface area contributed by atoms with Gasteiger partial charge in [-0.15, -0.1) is 0 Å². The third kappa shape index (κ3) is 3.64. The van der Waals surface area contributed by atoms with E-state index < -0.39 is 10.0 Å². The molecule has 0 aromatic carbocycles. The van der Waals surface area contributed by atoms with E-state index >= 15 is 0 Å². The molecule has 1 atom stereocenters. The van der Waals surface area contributed by atoms with Gasteiger partial charge in [-0.2, -0.15) is 5.10 Å². The largest absolute Gasteiger partial charge is 0.263 e. The van der Waals surface area contributed by atoms with Gasteiger partial charge in [-0.1, -0.05) is 6.92 Å². The second kappa shape index (κ2) is 6.98. The van der Waals surface area contributed by atoms with Gasteiger partial charge in [0.25, 0.3) is 0 Å². The summed E-state index contributed by atoms with van der Waals surface area (Å²) in [6, 6.07) is 1.96. The lowest BCUT2D eigenvalue weighted by Crippen LogP contribution is -2.27. The Labute approximate surface area is 142 Å². The average molecular weight is 349 g/mol. The molecular formula is C16H23N5O2S. The van der Waals surface area contributed by atoms with Gasteiger partial charge in [0, 0.05) is 38.2 Å². The van der Waals surface area contributed by atoms with Gasteiger partial charge in [0.05, 0.1) is 17.6 Å². The standard InChI is InChI=1S/C16H23N5O2S/c1-3-9-21-15(4-6-19-21)16-14(17-7-8-18-16)11-13-5-10-20(12-13)24(2,22)23/h4,6-8,13H,3,5,9-12H2,1-2H3/t13-/m1/s1. The second-order valence-corrected chi connectivity index (χ2v) is 8.25. The van der Waals surface area contributed by atoms with Crippen molar-refractivity contribution in [3.8, 4) is 11.4 Å². The van der Waals surface area contributed by atoms with E-state index in [0.717, 1.165) is 42.9 Å². The van der Waals surface area contributed by atoms with E-state index in [1.807, 2.05) is 10.7 Å². The molecule has 3 rings (SSSR count). The Hall–Kier alpha value is -1.80. The number of sulfonamides is 1. The minimum Gasteiger partial charge on any atom is -0.263 e. The van der Waals surface area contributed by atoms with Crippen LogP contribution in [0.25, 0.3) is 11.4 Å². The summed E-state index contributed by atoms with van der Waals surface area (Å²) in [5.41, 5.74) is 2.73. The zero-order chi connectivity index (χ0) is 17.2. The monoisotopic (exact) mass is 349 g/mol. The maximum Gasteiger partial charge on any atom is 0.211 e. The van der Waals surface area contributed by atoms with Crippen LogP contribution >= 0.6 is 0 Å². The molecule has 2 aromatic rings. The molecule has 1 aliphatic rings. The third-order valence-corrected chi connectivity index (χ3v) is 5.64. The van der Waals surface area contributed by atoms with Crippen LogP contribution in [0.3, 0.4) is 0 Å². The van der Waals surface area contributed by atoms with Gasteiger partial charge in [0.2, 0.25) is 10.0 Å². The lowest BCUT2D eigenvalue weighted by atomic mass is 10.0. The molecule has 1 aliphatic heterocycles. The molecule has 0 radical (unpaired) electrons. The van der Waals surface area contributed by atoms with Gasteiger partial charge < -0.3 is 0 Å². The van der Waals surface area contributed by atoms with E-state index in [2.05, 4.69) is 22.0 Å². The summed E-state index contributed by atoms with van der Waals surface area (Å²) in [5.74, 6) is 0.276. The predicted octanol–water partition coefficient (Wildman–Crippen LogP) is 1.57. The van der Waals surface area contributed by atoms with E-state index in [-0.39, 0.29) is 5.92 Å². The molecule has 0 spiro atoms. The van der Waals surface area contributed by atoms with Crippen molar-refractivity contribution in [2.45, 2.75) is 32.7 Å². The molecule has 0 bridgehead atoms. The maximum atomic E-state index is 11.7. The number of aryl methyl sites for hydroxylation is 1. The quantitative estimate of drug-likeness (QED) is 0.791. The highest BCUT2D eigenvalue weighted by Crippen LogP contribution is 2.26. The van der Waals surface area contributed by atoms with Gasteiger partial charge in [-0.3, -0.25) is 14.6 Å². The number of hydrogen-bond donors (Lipinski definition) is 0. The van der Waals surface area contributed by atoms with Crippen molar-refractivity contribution in [2.75, 3.05) is 19.3 Å². The summed E-state index contributed by atoms with van der Waals surface area (Å²) in [4.78, 5) is 9.03. The molecule has 0 N–H and O–H groups in total. The molecule has 130 valence electrons. The molecule has 24 heavy (non-hydrogen) atoms. The number of aromatic nitrogens is 4. The first-order chi connectivity index (χ1) is 11.5. The molecule has 0 saturated carbocycles. The van der Waals surface area contributed by atoms with Crippen LogP contribution in [-0.4, -0.2) is 51.8 Å². The molecule has 3 heterocycles. The van der Waals surface area contributed by atoms with Crippen LogP contribution < -0.4 is 0 Å². The second-order valence-electron chi connectivity index (χ2n) is 6.27. The SMILES string of the molecule is CCCn1nccc1-c1nccnc1C[C@H]1CCN(S(C)(=O)=O)C1. The molecule has 0 unspecified atom stereocenters. The van der Waals surface area contributed by atoms with Crippen LogP contribution in [0.4, 0.5) is 0 Å². The normalized spacial score (nSPS) is 19.0. The lowest BCUT2D eigenvalue weighted by molar-refractivity contribution is 0.459. The highest BCUT2D eigenvalue weighted by atomic mass is 32.2. The Morgan fingerprint density at radius 3 is 2.75 bits per heavy atom. The first-order valence-corrected chi connectivity index (χ1v) is 10.1. The van der Waals surface area contributed by atoms with Crippen LogP contribution in [0, 0.1) is 5.92 Å². The fourth-order valence-corrected chi connectivity index (χ4v) is 4.11. The Kier molecular flexibility index (Phi) is 4.96. The Bertz CT molecular complexity index is 802. The molecular weight excluding hydrogens is 326 g/mol. The minimum atomic E-state index is -3.11. The average Bonchev–Trinajstić information content (AvgIpc) is 3.17. The number of rotatable bonds is 6. The maximum absolute atomic E-state index is 11.7. The summed E-state index contributed by atoms with van der Waals surface area (Å²) < 4.78 is 26.9. The molecule has 2 aromatic heterocycles. The fourth-order valence-electron chi connectivity index (χ4n) is 3.19. The fraction of sp³-hybridized carbons (Fsp3) is 0.562. The number of hydrogen-bond acceptors (Lipinski definition) is 5. The highest BCUT2D eigenvalue weighted by molar-refractivity contribution is 7.88. The van der Waals surface area contributed by atoms with Crippen molar-refractivity contribution < 1.29 is 8.42 Å². The van der Waals surface area contributed by atoms with Crippen molar-refractivity contribution in [3.63, 3.8) is 0 Å². The van der Waals surface area contributed by atoms with Crippen molar-refractivity contribution in [1.82, 2.24) is 24.1 Å². The summed E-state index contributed by atoms with van der Waals surface area (Å²) in [5, 5.41) is 4.36. The third-order valence-electron chi connectivity index (χ3n) is 4.37. The van der Waals surface area contributed by atoms with Crippen molar-refractivity contribution in [3.05, 3.63) is 30.4 Å². The molecule has 1 fully saturated rings. The van der Waals surface area contributed by atoms with E-state index in [1.165, 1.54) is 6.26 Å². The summed E-state index contributed by atoms with van der Waals surface area (Å²) in [6.07, 6.45) is 9.03. The predicted molar refractivity (Wildman–Crippen MR) is 91.8 cm³/mol. The molecule has 7 nitrogen and oxygen atoms in total. The van der Waals surface area contributed by atoms with E-state index in [4.69, 9.17) is 0 Å². The van der Waals surface area contributed by atoms with Crippen LogP contribution in [0.5, 0.6) is 0 Å². The zero-order valence-electron chi connectivity index (χ0n) is 14.1. The van der Waals surface area contributed by atoms with Crippen LogP contribution in [0.1, 0.15) is 25.5 Å². The summed E-state index contributed by atoms with van der Waals surface area (Å²) >= 11 is 0. The van der Waals surface area contributed by atoms with E-state index in [1.54, 1.807) is 22.9 Å². The first kappa shape index (κ1) is 17.0. The highest BCUT2D eigenvalue weighted by Gasteiger charge is 2.29. The first-order valence-electron chi connectivity index (χ1n) is 8.26. The lowest BCUT2D eigenvalue weighted by Gasteiger charge is -2.14.